The van der Waals surface area contributed by atoms with Crippen molar-refractivity contribution in [3.8, 4) is 5.75 Å². The molecule has 0 bridgehead atoms. The minimum atomic E-state index is -3.78. The number of phenols is 1. The third kappa shape index (κ3) is 4.95. The van der Waals surface area contributed by atoms with Gasteiger partial charge < -0.3 is 10.4 Å². The van der Waals surface area contributed by atoms with E-state index in [2.05, 4.69) is 5.32 Å². The average Bonchev–Trinajstić information content (AvgIpc) is 2.48. The van der Waals surface area contributed by atoms with Crippen molar-refractivity contribution in [1.29, 1.82) is 0 Å². The second-order valence-electron chi connectivity index (χ2n) is 4.92. The summed E-state index contributed by atoms with van der Waals surface area (Å²) < 4.78 is 22.6. The van der Waals surface area contributed by atoms with Crippen LogP contribution >= 0.6 is 11.6 Å². The maximum atomic E-state index is 11.9. The number of amides is 1. The van der Waals surface area contributed by atoms with Crippen molar-refractivity contribution in [3.63, 3.8) is 0 Å². The zero-order valence-corrected chi connectivity index (χ0v) is 13.6. The molecule has 8 heteroatoms. The van der Waals surface area contributed by atoms with E-state index in [1.165, 1.54) is 30.3 Å². The molecule has 0 aliphatic rings. The van der Waals surface area contributed by atoms with E-state index < -0.39 is 10.0 Å². The van der Waals surface area contributed by atoms with Crippen molar-refractivity contribution in [1.82, 2.24) is 5.32 Å². The van der Waals surface area contributed by atoms with Crippen LogP contribution in [0.3, 0.4) is 0 Å². The normalized spacial score (nSPS) is 11.2. The van der Waals surface area contributed by atoms with E-state index >= 15 is 0 Å². The molecule has 122 valence electrons. The zero-order chi connectivity index (χ0) is 17.0. The highest BCUT2D eigenvalue weighted by Gasteiger charge is 2.10. The van der Waals surface area contributed by atoms with Gasteiger partial charge >= 0.3 is 0 Å². The molecule has 0 unspecified atom stereocenters. The highest BCUT2D eigenvalue weighted by Crippen LogP contribution is 2.21. The molecule has 0 aliphatic heterocycles. The van der Waals surface area contributed by atoms with Gasteiger partial charge in [-0.2, -0.15) is 0 Å². The molecular weight excluding hydrogens is 340 g/mol. The number of carbonyl (C=O) groups is 1. The molecule has 6 nitrogen and oxygen atoms in total. The first-order valence-electron chi connectivity index (χ1n) is 6.61. The van der Waals surface area contributed by atoms with Gasteiger partial charge in [0, 0.05) is 17.1 Å². The van der Waals surface area contributed by atoms with E-state index in [1.54, 1.807) is 12.1 Å². The summed E-state index contributed by atoms with van der Waals surface area (Å²) in [5.41, 5.74) is 1.01. The van der Waals surface area contributed by atoms with Crippen LogP contribution in [-0.4, -0.2) is 19.4 Å². The number of benzene rings is 2. The Bertz CT molecular complexity index is 837. The Kier molecular flexibility index (Phi) is 5.25. The third-order valence-electron chi connectivity index (χ3n) is 3.11. The molecule has 2 aromatic carbocycles. The molecule has 0 fully saturated rings. The Labute approximate surface area is 138 Å². The quantitative estimate of drug-likeness (QED) is 0.756. The van der Waals surface area contributed by atoms with Crippen molar-refractivity contribution < 1.29 is 18.3 Å². The Morgan fingerprint density at radius 1 is 1.22 bits per heavy atom. The van der Waals surface area contributed by atoms with Gasteiger partial charge in [-0.3, -0.25) is 4.79 Å². The smallest absolute Gasteiger partial charge is 0.238 e. The summed E-state index contributed by atoms with van der Waals surface area (Å²) in [6.45, 7) is 0.142. The second-order valence-corrected chi connectivity index (χ2v) is 6.92. The molecule has 0 spiro atoms. The van der Waals surface area contributed by atoms with Gasteiger partial charge in [-0.05, 0) is 35.9 Å². The van der Waals surface area contributed by atoms with Crippen LogP contribution in [0.5, 0.6) is 5.75 Å². The van der Waals surface area contributed by atoms with Crippen LogP contribution in [0.4, 0.5) is 0 Å². The van der Waals surface area contributed by atoms with Gasteiger partial charge in [0.2, 0.25) is 15.9 Å². The van der Waals surface area contributed by atoms with Crippen LogP contribution in [0.15, 0.2) is 47.4 Å². The fourth-order valence-corrected chi connectivity index (χ4v) is 2.74. The summed E-state index contributed by atoms with van der Waals surface area (Å²) >= 11 is 5.82. The fraction of sp³-hybridized carbons (Fsp3) is 0.133. The van der Waals surface area contributed by atoms with E-state index in [-0.39, 0.29) is 29.5 Å². The molecule has 0 heterocycles. The van der Waals surface area contributed by atoms with Crippen LogP contribution in [0.25, 0.3) is 0 Å². The Balaban J connectivity index is 2.01. The standard InChI is InChI=1S/C15H15ClN2O4S/c16-12-4-5-14(19)11(7-12)8-15(20)18-9-10-2-1-3-13(6-10)23(17,21)22/h1-7,19H,8-9H2,(H,18,20)(H2,17,21,22). The highest BCUT2D eigenvalue weighted by molar-refractivity contribution is 7.89. The Hall–Kier alpha value is -2.09. The molecule has 0 atom stereocenters. The third-order valence-corrected chi connectivity index (χ3v) is 4.26. The maximum Gasteiger partial charge on any atom is 0.238 e. The number of phenolic OH excluding ortho intramolecular Hbond substituents is 1. The minimum Gasteiger partial charge on any atom is -0.508 e. The molecule has 1 amide bonds. The number of primary sulfonamides is 1. The summed E-state index contributed by atoms with van der Waals surface area (Å²) in [6.07, 6.45) is -0.0404. The monoisotopic (exact) mass is 354 g/mol. The molecule has 2 rings (SSSR count). The first kappa shape index (κ1) is 17.3. The summed E-state index contributed by atoms with van der Waals surface area (Å²) in [5.74, 6) is -0.343. The van der Waals surface area contributed by atoms with Gasteiger partial charge in [0.1, 0.15) is 5.75 Å². The molecule has 23 heavy (non-hydrogen) atoms. The first-order valence-corrected chi connectivity index (χ1v) is 8.54. The van der Waals surface area contributed by atoms with Gasteiger partial charge in [-0.1, -0.05) is 23.7 Å². The lowest BCUT2D eigenvalue weighted by Crippen LogP contribution is -2.24. The number of nitrogens with one attached hydrogen (secondary N) is 1. The first-order chi connectivity index (χ1) is 10.8. The molecule has 0 aliphatic carbocycles. The number of carbonyl (C=O) groups excluding carboxylic acids is 1. The van der Waals surface area contributed by atoms with E-state index in [9.17, 15) is 18.3 Å². The van der Waals surface area contributed by atoms with Crippen molar-refractivity contribution in [2.45, 2.75) is 17.9 Å². The van der Waals surface area contributed by atoms with Crippen LogP contribution in [0, 0.1) is 0 Å². The number of aromatic hydroxyl groups is 1. The predicted octanol–water partition coefficient (Wildman–Crippen LogP) is 1.55. The van der Waals surface area contributed by atoms with E-state index in [0.717, 1.165) is 0 Å². The van der Waals surface area contributed by atoms with E-state index in [0.29, 0.717) is 16.1 Å². The summed E-state index contributed by atoms with van der Waals surface area (Å²) in [5, 5.41) is 17.8. The predicted molar refractivity (Wildman–Crippen MR) is 86.5 cm³/mol. The SMILES string of the molecule is NS(=O)(=O)c1cccc(CNC(=O)Cc2cc(Cl)ccc2O)c1. The maximum absolute atomic E-state index is 11.9. The molecule has 2 aromatic rings. The number of hydrogen-bond acceptors (Lipinski definition) is 4. The molecular formula is C15H15ClN2O4S. The van der Waals surface area contributed by atoms with Gasteiger partial charge in [0.15, 0.2) is 0 Å². The van der Waals surface area contributed by atoms with E-state index in [4.69, 9.17) is 16.7 Å². The van der Waals surface area contributed by atoms with Crippen molar-refractivity contribution in [2.75, 3.05) is 0 Å². The molecule has 0 radical (unpaired) electrons. The van der Waals surface area contributed by atoms with Crippen molar-refractivity contribution >= 4 is 27.5 Å². The van der Waals surface area contributed by atoms with Crippen LogP contribution in [0.1, 0.15) is 11.1 Å². The van der Waals surface area contributed by atoms with E-state index in [1.807, 2.05) is 0 Å². The number of nitrogens with two attached hydrogens (primary N) is 1. The van der Waals surface area contributed by atoms with Crippen molar-refractivity contribution in [2.24, 2.45) is 5.14 Å². The summed E-state index contributed by atoms with van der Waals surface area (Å²) in [7, 11) is -3.78. The minimum absolute atomic E-state index is 0.0132. The molecule has 0 aromatic heterocycles. The van der Waals surface area contributed by atoms with Crippen molar-refractivity contribution in [3.05, 3.63) is 58.6 Å². The van der Waals surface area contributed by atoms with Gasteiger partial charge in [0.25, 0.3) is 0 Å². The number of halogens is 1. The average molecular weight is 355 g/mol. The number of rotatable bonds is 5. The molecule has 0 saturated heterocycles. The van der Waals surface area contributed by atoms with Crippen LogP contribution in [-0.2, 0) is 27.8 Å². The highest BCUT2D eigenvalue weighted by atomic mass is 35.5. The largest absolute Gasteiger partial charge is 0.508 e. The lowest BCUT2D eigenvalue weighted by molar-refractivity contribution is -0.120. The second kappa shape index (κ2) is 6.99. The molecule has 4 N–H and O–H groups in total. The fourth-order valence-electron chi connectivity index (χ4n) is 1.96. The summed E-state index contributed by atoms with van der Waals surface area (Å²) in [6, 6.07) is 10.4. The lowest BCUT2D eigenvalue weighted by atomic mass is 10.1. The summed E-state index contributed by atoms with van der Waals surface area (Å²) in [4.78, 5) is 11.9. The van der Waals surface area contributed by atoms with Gasteiger partial charge in [-0.25, -0.2) is 13.6 Å². The number of hydrogen-bond donors (Lipinski definition) is 3. The lowest BCUT2D eigenvalue weighted by Gasteiger charge is -2.08. The van der Waals surface area contributed by atoms with Crippen LogP contribution in [0.2, 0.25) is 5.02 Å². The Morgan fingerprint density at radius 2 is 1.96 bits per heavy atom. The topological polar surface area (TPSA) is 109 Å². The van der Waals surface area contributed by atoms with Crippen LogP contribution < -0.4 is 10.5 Å². The molecule has 0 saturated carbocycles. The Morgan fingerprint density at radius 3 is 2.65 bits per heavy atom. The zero-order valence-electron chi connectivity index (χ0n) is 12.0. The number of sulfonamides is 1. The van der Waals surface area contributed by atoms with Gasteiger partial charge in [0.05, 0.1) is 11.3 Å². The van der Waals surface area contributed by atoms with Gasteiger partial charge in [-0.15, -0.1) is 0 Å².